The highest BCUT2D eigenvalue weighted by Gasteiger charge is 1.91. The second-order valence-electron chi connectivity index (χ2n) is 1.84. The lowest BCUT2D eigenvalue weighted by atomic mass is 10.5. The molecule has 0 atom stereocenters. The molecule has 0 fully saturated rings. The summed E-state index contributed by atoms with van der Waals surface area (Å²) in [5.74, 6) is -1.06. The van der Waals surface area contributed by atoms with Crippen LogP contribution in [0.15, 0.2) is 29.4 Å². The average molecular weight is 168 g/mol. The van der Waals surface area contributed by atoms with Gasteiger partial charge in [0.05, 0.1) is 5.97 Å². The van der Waals surface area contributed by atoms with E-state index in [0.717, 1.165) is 4.90 Å². The molecule has 0 aliphatic heterocycles. The Kier molecular flexibility index (Phi) is 2.92. The highest BCUT2D eigenvalue weighted by molar-refractivity contribution is 8.00. The zero-order valence-electron chi connectivity index (χ0n) is 5.69. The number of aromatic nitrogens is 1. The topological polar surface area (TPSA) is 53.0 Å². The summed E-state index contributed by atoms with van der Waals surface area (Å²) in [7, 11) is 0. The summed E-state index contributed by atoms with van der Waals surface area (Å²) in [4.78, 5) is 14.7. The van der Waals surface area contributed by atoms with E-state index < -0.39 is 5.97 Å². The Bertz CT molecular complexity index is 237. The van der Waals surface area contributed by atoms with Crippen LogP contribution in [-0.4, -0.2) is 16.7 Å². The average Bonchev–Trinajstić information content (AvgIpc) is 2.03. The van der Waals surface area contributed by atoms with Crippen LogP contribution in [0.2, 0.25) is 0 Å². The van der Waals surface area contributed by atoms with Gasteiger partial charge in [0, 0.05) is 23.0 Å². The minimum absolute atomic E-state index is 0.00991. The number of carboxylic acids is 1. The lowest BCUT2D eigenvalue weighted by Crippen LogP contribution is -2.24. The summed E-state index contributed by atoms with van der Waals surface area (Å²) in [5.41, 5.74) is 0. The van der Waals surface area contributed by atoms with Crippen molar-refractivity contribution in [3.8, 4) is 0 Å². The second-order valence-corrected chi connectivity index (χ2v) is 2.89. The van der Waals surface area contributed by atoms with Crippen LogP contribution in [0, 0.1) is 0 Å². The summed E-state index contributed by atoms with van der Waals surface area (Å²) in [6, 6.07) is 3.52. The summed E-state index contributed by atoms with van der Waals surface area (Å²) >= 11 is 1.23. The summed E-state index contributed by atoms with van der Waals surface area (Å²) in [6.45, 7) is 0. The monoisotopic (exact) mass is 168 g/mol. The SMILES string of the molecule is O=C([O-])CSc1ccncc1. The lowest BCUT2D eigenvalue weighted by molar-refractivity contribution is -0.301. The maximum absolute atomic E-state index is 10.0. The molecule has 3 nitrogen and oxygen atoms in total. The Morgan fingerprint density at radius 3 is 2.73 bits per heavy atom. The molecule has 0 saturated heterocycles. The van der Waals surface area contributed by atoms with Crippen LogP contribution in [-0.2, 0) is 4.79 Å². The van der Waals surface area contributed by atoms with E-state index in [0.29, 0.717) is 0 Å². The second kappa shape index (κ2) is 3.98. The molecule has 0 saturated carbocycles. The summed E-state index contributed by atoms with van der Waals surface area (Å²) in [5, 5.41) is 10.0. The van der Waals surface area contributed by atoms with Gasteiger partial charge < -0.3 is 9.90 Å². The van der Waals surface area contributed by atoms with Crippen molar-refractivity contribution in [1.82, 2.24) is 4.98 Å². The predicted octanol–water partition coefficient (Wildman–Crippen LogP) is -0.0764. The minimum atomic E-state index is -1.05. The Hall–Kier alpha value is -1.03. The number of thioether (sulfide) groups is 1. The first-order valence-corrected chi connectivity index (χ1v) is 4.00. The van der Waals surface area contributed by atoms with Crippen molar-refractivity contribution < 1.29 is 9.90 Å². The van der Waals surface area contributed by atoms with Crippen LogP contribution in [0.1, 0.15) is 0 Å². The molecule has 0 aliphatic carbocycles. The Morgan fingerprint density at radius 2 is 2.18 bits per heavy atom. The highest BCUT2D eigenvalue weighted by Crippen LogP contribution is 2.14. The molecule has 0 aliphatic rings. The lowest BCUT2D eigenvalue weighted by Gasteiger charge is -2.00. The van der Waals surface area contributed by atoms with Crippen LogP contribution in [0.5, 0.6) is 0 Å². The molecule has 58 valence electrons. The number of carbonyl (C=O) groups excluding carboxylic acids is 1. The Labute approximate surface area is 68.5 Å². The fourth-order valence-electron chi connectivity index (χ4n) is 0.577. The van der Waals surface area contributed by atoms with Crippen molar-refractivity contribution in [2.45, 2.75) is 4.90 Å². The fourth-order valence-corrected chi connectivity index (χ4v) is 1.18. The van der Waals surface area contributed by atoms with Crippen LogP contribution in [0.3, 0.4) is 0 Å². The van der Waals surface area contributed by atoms with Crippen molar-refractivity contribution >= 4 is 17.7 Å². The molecular weight excluding hydrogens is 162 g/mol. The van der Waals surface area contributed by atoms with E-state index in [1.807, 2.05) is 0 Å². The number of nitrogens with zero attached hydrogens (tertiary/aromatic N) is 1. The molecule has 0 aromatic carbocycles. The van der Waals surface area contributed by atoms with Gasteiger partial charge in [0.2, 0.25) is 0 Å². The maximum atomic E-state index is 10.0. The Morgan fingerprint density at radius 1 is 1.55 bits per heavy atom. The fraction of sp³-hybridized carbons (Fsp3) is 0.143. The number of hydrogen-bond acceptors (Lipinski definition) is 4. The third-order valence-electron chi connectivity index (χ3n) is 1.01. The molecule has 4 heteroatoms. The van der Waals surface area contributed by atoms with Crippen molar-refractivity contribution in [2.75, 3.05) is 5.75 Å². The maximum Gasteiger partial charge on any atom is 0.0517 e. The van der Waals surface area contributed by atoms with Crippen LogP contribution in [0.4, 0.5) is 0 Å². The van der Waals surface area contributed by atoms with Gasteiger partial charge >= 0.3 is 0 Å². The number of carbonyl (C=O) groups is 1. The van der Waals surface area contributed by atoms with Gasteiger partial charge in [-0.2, -0.15) is 0 Å². The van der Waals surface area contributed by atoms with Gasteiger partial charge in [0.1, 0.15) is 0 Å². The number of pyridine rings is 1. The van der Waals surface area contributed by atoms with Crippen molar-refractivity contribution in [3.05, 3.63) is 24.5 Å². The number of rotatable bonds is 3. The van der Waals surface area contributed by atoms with Gasteiger partial charge in [-0.3, -0.25) is 4.98 Å². The minimum Gasteiger partial charge on any atom is -0.549 e. The molecule has 0 bridgehead atoms. The molecule has 0 unspecified atom stereocenters. The number of carboxylic acid groups (broad SMARTS) is 1. The van der Waals surface area contributed by atoms with Gasteiger partial charge in [-0.1, -0.05) is 0 Å². The summed E-state index contributed by atoms with van der Waals surface area (Å²) in [6.07, 6.45) is 3.25. The molecule has 0 amide bonds. The first kappa shape index (κ1) is 8.07. The van der Waals surface area contributed by atoms with Crippen LogP contribution < -0.4 is 5.11 Å². The van der Waals surface area contributed by atoms with Crippen molar-refractivity contribution in [2.24, 2.45) is 0 Å². The molecule has 0 spiro atoms. The number of aliphatic carboxylic acids is 1. The van der Waals surface area contributed by atoms with Gasteiger partial charge in [0.15, 0.2) is 0 Å². The van der Waals surface area contributed by atoms with Crippen LogP contribution >= 0.6 is 11.8 Å². The van der Waals surface area contributed by atoms with E-state index in [9.17, 15) is 9.90 Å². The number of hydrogen-bond donors (Lipinski definition) is 0. The van der Waals surface area contributed by atoms with E-state index in [4.69, 9.17) is 0 Å². The van der Waals surface area contributed by atoms with Crippen LogP contribution in [0.25, 0.3) is 0 Å². The van der Waals surface area contributed by atoms with E-state index in [2.05, 4.69) is 4.98 Å². The van der Waals surface area contributed by atoms with Gasteiger partial charge in [-0.05, 0) is 12.1 Å². The quantitative estimate of drug-likeness (QED) is 0.592. The van der Waals surface area contributed by atoms with E-state index in [1.165, 1.54) is 11.8 Å². The van der Waals surface area contributed by atoms with E-state index >= 15 is 0 Å². The highest BCUT2D eigenvalue weighted by atomic mass is 32.2. The molecule has 11 heavy (non-hydrogen) atoms. The first-order valence-electron chi connectivity index (χ1n) is 3.02. The largest absolute Gasteiger partial charge is 0.549 e. The summed E-state index contributed by atoms with van der Waals surface area (Å²) < 4.78 is 0. The van der Waals surface area contributed by atoms with Gasteiger partial charge in [-0.25, -0.2) is 0 Å². The van der Waals surface area contributed by atoms with Gasteiger partial charge in [-0.15, -0.1) is 11.8 Å². The molecule has 1 aromatic heterocycles. The molecule has 1 rings (SSSR count). The van der Waals surface area contributed by atoms with Crippen molar-refractivity contribution in [3.63, 3.8) is 0 Å². The normalized spacial score (nSPS) is 9.45. The molecule has 0 radical (unpaired) electrons. The molecular formula is C7H6NO2S-. The third kappa shape index (κ3) is 3.04. The van der Waals surface area contributed by atoms with Gasteiger partial charge in [0.25, 0.3) is 0 Å². The molecule has 1 heterocycles. The smallest absolute Gasteiger partial charge is 0.0517 e. The zero-order chi connectivity index (χ0) is 8.10. The molecule has 0 N–H and O–H groups in total. The van der Waals surface area contributed by atoms with E-state index in [1.54, 1.807) is 24.5 Å². The third-order valence-corrected chi connectivity index (χ3v) is 1.99. The standard InChI is InChI=1S/C7H7NO2S/c9-7(10)5-11-6-1-3-8-4-2-6/h1-4H,5H2,(H,9,10)/p-1. The zero-order valence-corrected chi connectivity index (χ0v) is 6.50. The van der Waals surface area contributed by atoms with E-state index in [-0.39, 0.29) is 5.75 Å². The molecule has 1 aromatic rings. The van der Waals surface area contributed by atoms with Crippen molar-refractivity contribution in [1.29, 1.82) is 0 Å². The predicted molar refractivity (Wildman–Crippen MR) is 40.0 cm³/mol. The Balaban J connectivity index is 2.45. The first-order chi connectivity index (χ1) is 5.29.